The van der Waals surface area contributed by atoms with Gasteiger partial charge in [0.25, 0.3) is 0 Å². The van der Waals surface area contributed by atoms with Gasteiger partial charge in [-0.25, -0.2) is 0 Å². The number of hydrogen-bond donors (Lipinski definition) is 3. The molecule has 3 N–H and O–H groups in total. The molecule has 17 heavy (non-hydrogen) atoms. The van der Waals surface area contributed by atoms with Crippen molar-refractivity contribution in [2.24, 2.45) is 0 Å². The molecule has 1 aromatic rings. The normalized spacial score (nSPS) is 32.6. The van der Waals surface area contributed by atoms with Crippen molar-refractivity contribution in [2.45, 2.75) is 23.7 Å². The van der Waals surface area contributed by atoms with Gasteiger partial charge in [0, 0.05) is 11.9 Å². The summed E-state index contributed by atoms with van der Waals surface area (Å²) in [4.78, 5) is 3.88. The Kier molecular flexibility index (Phi) is 5.48. The molecule has 96 valence electrons. The van der Waals surface area contributed by atoms with Crippen molar-refractivity contribution in [3.63, 3.8) is 0 Å². The maximum atomic E-state index is 9.69. The molecule has 0 radical (unpaired) electrons. The minimum atomic E-state index is -1.16. The van der Waals surface area contributed by atoms with Crippen LogP contribution in [0, 0.1) is 0 Å². The first-order valence-electron chi connectivity index (χ1n) is 4.91. The molecule has 0 unspecified atom stereocenters. The van der Waals surface area contributed by atoms with E-state index in [1.165, 1.54) is 18.0 Å². The van der Waals surface area contributed by atoms with Gasteiger partial charge in [0.2, 0.25) is 0 Å². The molecule has 1 fully saturated rings. The predicted octanol–water partition coefficient (Wildman–Crippen LogP) is 0.0378. The molecule has 1 aliphatic heterocycles. The third kappa shape index (κ3) is 3.46. The number of ether oxygens (including phenoxy) is 1. The van der Waals surface area contributed by atoms with E-state index in [0.29, 0.717) is 11.5 Å². The summed E-state index contributed by atoms with van der Waals surface area (Å²) in [6.45, 7) is 0. The maximum absolute atomic E-state index is 9.69. The Morgan fingerprint density at radius 2 is 2.06 bits per heavy atom. The number of aliphatic hydroxyl groups is 3. The fraction of sp³-hybridized carbons (Fsp3) is 0.500. The number of pyridine rings is 1. The highest BCUT2D eigenvalue weighted by Crippen LogP contribution is 2.28. The highest BCUT2D eigenvalue weighted by Gasteiger charge is 2.38. The average Bonchev–Trinajstić information content (AvgIpc) is 2.31. The number of aromatic nitrogens is 1. The second-order valence-corrected chi connectivity index (χ2v) is 4.69. The zero-order chi connectivity index (χ0) is 11.5. The lowest BCUT2D eigenvalue weighted by atomic mass is 10.1. The Balaban J connectivity index is 0.00000144. The van der Waals surface area contributed by atoms with Gasteiger partial charge < -0.3 is 20.1 Å². The molecule has 0 aromatic carbocycles. The fourth-order valence-corrected chi connectivity index (χ4v) is 2.56. The zero-order valence-electron chi connectivity index (χ0n) is 8.84. The van der Waals surface area contributed by atoms with Crippen LogP contribution >= 0.6 is 24.2 Å². The Hall–Kier alpha value is -0.530. The predicted molar refractivity (Wildman–Crippen MR) is 66.4 cm³/mol. The molecule has 5 nitrogen and oxygen atoms in total. The summed E-state index contributed by atoms with van der Waals surface area (Å²) in [5.74, 6) is 0.867. The Labute approximate surface area is 109 Å². The zero-order valence-corrected chi connectivity index (χ0v) is 10.5. The van der Waals surface area contributed by atoms with Crippen LogP contribution in [0.4, 0.5) is 0 Å². The molecule has 0 aliphatic carbocycles. The highest BCUT2D eigenvalue weighted by atomic mass is 35.5. The molecule has 4 atom stereocenters. The first-order chi connectivity index (χ1) is 7.68. The van der Waals surface area contributed by atoms with Gasteiger partial charge in [-0.1, -0.05) is 0 Å². The Morgan fingerprint density at radius 3 is 2.71 bits per heavy atom. The molecular formula is C10H14ClNO4S. The minimum absolute atomic E-state index is 0. The van der Waals surface area contributed by atoms with Crippen molar-refractivity contribution in [3.05, 3.63) is 24.5 Å². The molecule has 2 rings (SSSR count). The lowest BCUT2D eigenvalue weighted by Gasteiger charge is -2.34. The van der Waals surface area contributed by atoms with Gasteiger partial charge in [-0.3, -0.25) is 4.98 Å². The van der Waals surface area contributed by atoms with Crippen molar-refractivity contribution in [2.75, 3.05) is 5.75 Å². The average molecular weight is 280 g/mol. The van der Waals surface area contributed by atoms with Gasteiger partial charge in [-0.2, -0.15) is 0 Å². The van der Waals surface area contributed by atoms with Gasteiger partial charge in [-0.15, -0.1) is 24.2 Å². The summed E-state index contributed by atoms with van der Waals surface area (Å²) in [5, 5.41) is 28.5. The Morgan fingerprint density at radius 1 is 1.29 bits per heavy atom. The van der Waals surface area contributed by atoms with Crippen molar-refractivity contribution in [1.29, 1.82) is 0 Å². The molecule has 1 aliphatic rings. The largest absolute Gasteiger partial charge is 0.475 e. The summed E-state index contributed by atoms with van der Waals surface area (Å²) >= 11 is 1.27. The first kappa shape index (κ1) is 14.5. The van der Waals surface area contributed by atoms with E-state index in [0.717, 1.165) is 0 Å². The molecule has 1 aromatic heterocycles. The monoisotopic (exact) mass is 279 g/mol. The van der Waals surface area contributed by atoms with E-state index in [1.807, 2.05) is 0 Å². The van der Waals surface area contributed by atoms with Gasteiger partial charge in [0.15, 0.2) is 5.44 Å². The minimum Gasteiger partial charge on any atom is -0.475 e. The van der Waals surface area contributed by atoms with Crippen molar-refractivity contribution >= 4 is 24.2 Å². The third-order valence-electron chi connectivity index (χ3n) is 2.34. The van der Waals surface area contributed by atoms with Crippen LogP contribution in [0.3, 0.4) is 0 Å². The lowest BCUT2D eigenvalue weighted by molar-refractivity contribution is -0.0786. The summed E-state index contributed by atoms with van der Waals surface area (Å²) in [6.07, 6.45) is -0.0220. The molecule has 0 bridgehead atoms. The first-order valence-corrected chi connectivity index (χ1v) is 5.96. The molecular weight excluding hydrogens is 266 g/mol. The topological polar surface area (TPSA) is 82.8 Å². The molecule has 0 saturated carbocycles. The number of rotatable bonds is 2. The summed E-state index contributed by atoms with van der Waals surface area (Å²) in [6, 6.07) is 3.44. The van der Waals surface area contributed by atoms with Crippen LogP contribution in [0.15, 0.2) is 24.5 Å². The SMILES string of the molecule is Cl.O[C@@H]1[C@@H](O)[C@H](Oc2cccnc2)SC[C@H]1O. The standard InChI is InChI=1S/C10H13NO4S.ClH/c12-7-5-16-10(9(14)8(7)13)15-6-2-1-3-11-4-6;/h1-4,7-10,12-14H,5H2;1H/t7-,8+,9-,10-;/m1./s1. The van der Waals surface area contributed by atoms with E-state index in [2.05, 4.69) is 4.98 Å². The summed E-state index contributed by atoms with van der Waals surface area (Å²) < 4.78 is 5.47. The van der Waals surface area contributed by atoms with Crippen LogP contribution in [0.2, 0.25) is 0 Å². The number of aliphatic hydroxyl groups excluding tert-OH is 3. The van der Waals surface area contributed by atoms with Gasteiger partial charge in [0.05, 0.1) is 12.3 Å². The second-order valence-electron chi connectivity index (χ2n) is 3.56. The van der Waals surface area contributed by atoms with Crippen LogP contribution in [0.25, 0.3) is 0 Å². The third-order valence-corrected chi connectivity index (χ3v) is 3.58. The molecule has 0 amide bonds. The number of hydrogen-bond acceptors (Lipinski definition) is 6. The van der Waals surface area contributed by atoms with Crippen LogP contribution in [0.1, 0.15) is 0 Å². The van der Waals surface area contributed by atoms with Gasteiger partial charge in [0.1, 0.15) is 18.0 Å². The summed E-state index contributed by atoms with van der Waals surface area (Å²) in [5.41, 5.74) is -0.581. The quantitative estimate of drug-likeness (QED) is 0.709. The summed E-state index contributed by atoms with van der Waals surface area (Å²) in [7, 11) is 0. The number of halogens is 1. The van der Waals surface area contributed by atoms with Gasteiger partial charge in [-0.05, 0) is 12.1 Å². The smallest absolute Gasteiger partial charge is 0.173 e. The van der Waals surface area contributed by atoms with Gasteiger partial charge >= 0.3 is 0 Å². The highest BCUT2D eigenvalue weighted by molar-refractivity contribution is 7.99. The molecule has 2 heterocycles. The molecule has 7 heteroatoms. The van der Waals surface area contributed by atoms with Crippen LogP contribution in [-0.2, 0) is 0 Å². The van der Waals surface area contributed by atoms with E-state index >= 15 is 0 Å². The molecule has 1 saturated heterocycles. The van der Waals surface area contributed by atoms with Crippen LogP contribution in [0.5, 0.6) is 5.75 Å². The van der Waals surface area contributed by atoms with Crippen LogP contribution < -0.4 is 4.74 Å². The van der Waals surface area contributed by atoms with Crippen LogP contribution in [-0.4, -0.2) is 49.8 Å². The number of nitrogens with zero attached hydrogens (tertiary/aromatic N) is 1. The lowest BCUT2D eigenvalue weighted by Crippen LogP contribution is -2.50. The van der Waals surface area contributed by atoms with Crippen molar-refractivity contribution < 1.29 is 20.1 Å². The van der Waals surface area contributed by atoms with E-state index in [1.54, 1.807) is 18.3 Å². The molecule has 0 spiro atoms. The Bertz CT molecular complexity index is 342. The van der Waals surface area contributed by atoms with E-state index in [-0.39, 0.29) is 12.4 Å². The maximum Gasteiger partial charge on any atom is 0.173 e. The van der Waals surface area contributed by atoms with E-state index < -0.39 is 23.7 Å². The fourth-order valence-electron chi connectivity index (χ4n) is 1.43. The van der Waals surface area contributed by atoms with Crippen molar-refractivity contribution in [1.82, 2.24) is 4.98 Å². The second kappa shape index (κ2) is 6.42. The van der Waals surface area contributed by atoms with E-state index in [4.69, 9.17) is 4.74 Å². The van der Waals surface area contributed by atoms with E-state index in [9.17, 15) is 15.3 Å². The number of thioether (sulfide) groups is 1. The van der Waals surface area contributed by atoms with Crippen molar-refractivity contribution in [3.8, 4) is 5.75 Å².